The second-order valence-corrected chi connectivity index (χ2v) is 9.59. The zero-order valence-corrected chi connectivity index (χ0v) is 20.8. The van der Waals surface area contributed by atoms with Gasteiger partial charge in [-0.2, -0.15) is 0 Å². The Labute approximate surface area is 210 Å². The molecule has 3 aliphatic heterocycles. The fraction of sp³-hybridized carbons (Fsp3) is 0.500. The number of benzene rings is 1. The van der Waals surface area contributed by atoms with Gasteiger partial charge in [0.15, 0.2) is 0 Å². The largest absolute Gasteiger partial charge is 0.384 e. The predicted octanol–water partition coefficient (Wildman–Crippen LogP) is 1.67. The molecule has 7 nitrogen and oxygen atoms in total. The summed E-state index contributed by atoms with van der Waals surface area (Å²) in [5.74, 6) is 0. The zero-order valence-electron chi connectivity index (χ0n) is 20.8. The molecule has 5 N–H and O–H groups in total. The van der Waals surface area contributed by atoms with Crippen molar-refractivity contribution in [3.05, 3.63) is 83.7 Å². The van der Waals surface area contributed by atoms with Crippen molar-refractivity contribution in [1.82, 2.24) is 31.1 Å². The Balaban J connectivity index is 1.24. The third-order valence-electron chi connectivity index (χ3n) is 6.77. The predicted molar refractivity (Wildman–Crippen MR) is 144 cm³/mol. The number of rotatable bonds is 14. The first kappa shape index (κ1) is 25.7. The van der Waals surface area contributed by atoms with Gasteiger partial charge >= 0.3 is 0 Å². The molecular formula is C28H42N6O. The van der Waals surface area contributed by atoms with E-state index in [-0.39, 0.29) is 6.23 Å². The molecular weight excluding hydrogens is 436 g/mol. The third kappa shape index (κ3) is 8.94. The van der Waals surface area contributed by atoms with Crippen LogP contribution >= 0.6 is 0 Å². The van der Waals surface area contributed by atoms with E-state index < -0.39 is 0 Å². The highest BCUT2D eigenvalue weighted by atomic mass is 16.3. The van der Waals surface area contributed by atoms with Crippen LogP contribution in [0, 0.1) is 0 Å². The van der Waals surface area contributed by atoms with Crippen LogP contribution in [0.25, 0.3) is 0 Å². The average molecular weight is 479 g/mol. The summed E-state index contributed by atoms with van der Waals surface area (Å²) < 4.78 is 0. The topological polar surface area (TPSA) is 74.8 Å². The van der Waals surface area contributed by atoms with Crippen LogP contribution in [-0.2, 0) is 13.1 Å². The highest BCUT2D eigenvalue weighted by Crippen LogP contribution is 2.18. The Bertz CT molecular complexity index is 878. The molecule has 0 bridgehead atoms. The summed E-state index contributed by atoms with van der Waals surface area (Å²) in [5, 5.41) is 24.0. The van der Waals surface area contributed by atoms with Gasteiger partial charge in [0.2, 0.25) is 0 Å². The lowest BCUT2D eigenvalue weighted by Gasteiger charge is -2.24. The van der Waals surface area contributed by atoms with Gasteiger partial charge in [-0.05, 0) is 42.3 Å². The summed E-state index contributed by atoms with van der Waals surface area (Å²) in [6, 6.07) is 9.30. The summed E-state index contributed by atoms with van der Waals surface area (Å²) in [7, 11) is 0. The number of dihydropyridines is 2. The normalized spacial score (nSPS) is 21.8. The summed E-state index contributed by atoms with van der Waals surface area (Å²) in [6.45, 7) is 9.37. The van der Waals surface area contributed by atoms with Crippen LogP contribution in [0.4, 0.5) is 0 Å². The summed E-state index contributed by atoms with van der Waals surface area (Å²) in [5.41, 5.74) is 3.86. The minimum atomic E-state index is -0.281. The number of likely N-dealkylation sites (tertiary alicyclic amines) is 1. The highest BCUT2D eigenvalue weighted by molar-refractivity contribution is 5.23. The number of hydrogen-bond acceptors (Lipinski definition) is 7. The molecule has 0 spiro atoms. The molecule has 1 fully saturated rings. The molecule has 3 heterocycles. The highest BCUT2D eigenvalue weighted by Gasteiger charge is 2.21. The molecule has 1 saturated heterocycles. The molecule has 190 valence electrons. The van der Waals surface area contributed by atoms with Crippen molar-refractivity contribution in [2.45, 2.75) is 38.2 Å². The molecule has 7 heteroatoms. The molecule has 35 heavy (non-hydrogen) atoms. The van der Waals surface area contributed by atoms with Crippen LogP contribution in [0.5, 0.6) is 0 Å². The molecule has 1 aromatic rings. The van der Waals surface area contributed by atoms with Crippen LogP contribution in [0.3, 0.4) is 0 Å². The summed E-state index contributed by atoms with van der Waals surface area (Å²) in [4.78, 5) is 4.68. The Morgan fingerprint density at radius 1 is 1.03 bits per heavy atom. The molecule has 0 radical (unpaired) electrons. The number of nitrogens with one attached hydrogen (secondary N) is 4. The average Bonchev–Trinajstić information content (AvgIpc) is 3.30. The van der Waals surface area contributed by atoms with Crippen LogP contribution in [0.1, 0.15) is 24.0 Å². The summed E-state index contributed by atoms with van der Waals surface area (Å²) in [6.07, 6.45) is 16.4. The van der Waals surface area contributed by atoms with E-state index >= 15 is 0 Å². The fourth-order valence-corrected chi connectivity index (χ4v) is 4.70. The lowest BCUT2D eigenvalue weighted by molar-refractivity contribution is 0.0328. The van der Waals surface area contributed by atoms with Gasteiger partial charge in [-0.3, -0.25) is 9.80 Å². The van der Waals surface area contributed by atoms with Gasteiger partial charge in [0.05, 0.1) is 6.04 Å². The molecule has 4 rings (SSSR count). The fourth-order valence-electron chi connectivity index (χ4n) is 4.70. The van der Waals surface area contributed by atoms with Crippen molar-refractivity contribution in [3.8, 4) is 0 Å². The first-order valence-electron chi connectivity index (χ1n) is 13.1. The van der Waals surface area contributed by atoms with E-state index in [1.165, 1.54) is 16.8 Å². The van der Waals surface area contributed by atoms with Crippen LogP contribution < -0.4 is 21.3 Å². The second kappa shape index (κ2) is 14.2. The summed E-state index contributed by atoms with van der Waals surface area (Å²) >= 11 is 0. The number of allylic oxidation sites excluding steroid dienone is 4. The van der Waals surface area contributed by atoms with E-state index in [0.29, 0.717) is 6.04 Å². The smallest absolute Gasteiger partial charge is 0.107 e. The van der Waals surface area contributed by atoms with Crippen molar-refractivity contribution >= 4 is 0 Å². The van der Waals surface area contributed by atoms with Crippen molar-refractivity contribution in [3.63, 3.8) is 0 Å². The van der Waals surface area contributed by atoms with E-state index in [1.807, 2.05) is 12.3 Å². The monoisotopic (exact) mass is 478 g/mol. The number of aliphatic hydroxyl groups excluding tert-OH is 1. The lowest BCUT2D eigenvalue weighted by atomic mass is 10.1. The van der Waals surface area contributed by atoms with Gasteiger partial charge in [-0.15, -0.1) is 0 Å². The molecule has 2 atom stereocenters. The molecule has 0 saturated carbocycles. The molecule has 1 aromatic carbocycles. The maximum absolute atomic E-state index is 10.1. The Morgan fingerprint density at radius 3 is 2.57 bits per heavy atom. The first-order chi connectivity index (χ1) is 17.3. The van der Waals surface area contributed by atoms with Gasteiger partial charge in [0.1, 0.15) is 6.23 Å². The van der Waals surface area contributed by atoms with E-state index in [0.717, 1.165) is 78.3 Å². The molecule has 0 aromatic heterocycles. The van der Waals surface area contributed by atoms with Gasteiger partial charge in [-0.1, -0.05) is 48.6 Å². The Hall–Kier alpha value is -2.42. The first-order valence-corrected chi connectivity index (χ1v) is 13.1. The van der Waals surface area contributed by atoms with Crippen molar-refractivity contribution < 1.29 is 5.11 Å². The number of hydrogen-bond donors (Lipinski definition) is 5. The quantitative estimate of drug-likeness (QED) is 0.261. The van der Waals surface area contributed by atoms with E-state index in [9.17, 15) is 5.11 Å². The lowest BCUT2D eigenvalue weighted by Crippen LogP contribution is -2.41. The molecule has 0 aliphatic carbocycles. The molecule has 1 unspecified atom stereocenters. The van der Waals surface area contributed by atoms with Crippen molar-refractivity contribution in [1.29, 1.82) is 0 Å². The van der Waals surface area contributed by atoms with Crippen molar-refractivity contribution in [2.75, 3.05) is 52.4 Å². The minimum Gasteiger partial charge on any atom is -0.384 e. The zero-order chi connectivity index (χ0) is 24.1. The maximum atomic E-state index is 10.1. The van der Waals surface area contributed by atoms with Gasteiger partial charge in [-0.25, -0.2) is 0 Å². The maximum Gasteiger partial charge on any atom is 0.107 e. The minimum absolute atomic E-state index is 0.281. The van der Waals surface area contributed by atoms with Gasteiger partial charge < -0.3 is 26.4 Å². The second-order valence-electron chi connectivity index (χ2n) is 9.59. The van der Waals surface area contributed by atoms with E-state index in [4.69, 9.17) is 0 Å². The SMILES string of the molecule is O[C@@H]1CCCN1Cc1ccc(CN(CCNCC2=CC=CCN2)CCNCC2C=CC=CN2)cc1. The van der Waals surface area contributed by atoms with Crippen LogP contribution in [-0.4, -0.2) is 79.5 Å². The van der Waals surface area contributed by atoms with Crippen LogP contribution in [0.2, 0.25) is 0 Å². The Kier molecular flexibility index (Phi) is 10.4. The standard InChI is InChI=1S/C28H42N6O/c35-28-8-5-17-34(28)23-25-11-9-24(10-12-25)22-33(18-15-29-20-26-6-1-3-13-31-26)19-16-30-21-27-7-2-4-14-32-27/h1-4,6-7,9-13,26,28-32,35H,5,8,14-23H2/t26?,28-/m1/s1. The van der Waals surface area contributed by atoms with E-state index in [1.54, 1.807) is 0 Å². The third-order valence-corrected chi connectivity index (χ3v) is 6.77. The molecule has 0 amide bonds. The van der Waals surface area contributed by atoms with Crippen molar-refractivity contribution in [2.24, 2.45) is 0 Å². The molecule has 3 aliphatic rings. The number of nitrogens with zero attached hydrogens (tertiary/aromatic N) is 2. The van der Waals surface area contributed by atoms with E-state index in [2.05, 4.69) is 85.7 Å². The number of aliphatic hydroxyl groups is 1. The van der Waals surface area contributed by atoms with Gasteiger partial charge in [0, 0.05) is 71.1 Å². The Morgan fingerprint density at radius 2 is 1.86 bits per heavy atom. The van der Waals surface area contributed by atoms with Gasteiger partial charge in [0.25, 0.3) is 0 Å². The van der Waals surface area contributed by atoms with Crippen LogP contribution in [0.15, 0.2) is 72.6 Å².